The van der Waals surface area contributed by atoms with Gasteiger partial charge < -0.3 is 4.74 Å². The van der Waals surface area contributed by atoms with Gasteiger partial charge in [-0.25, -0.2) is 0 Å². The van der Waals surface area contributed by atoms with Crippen molar-refractivity contribution in [1.29, 1.82) is 0 Å². The summed E-state index contributed by atoms with van der Waals surface area (Å²) in [6.45, 7) is 1.33. The fourth-order valence-corrected chi connectivity index (χ4v) is 5.30. The Kier molecular flexibility index (Phi) is 4.97. The van der Waals surface area contributed by atoms with E-state index in [2.05, 4.69) is 0 Å². The molecule has 0 heterocycles. The lowest BCUT2D eigenvalue weighted by molar-refractivity contribution is -0.131. The van der Waals surface area contributed by atoms with E-state index in [-0.39, 0.29) is 16.7 Å². The van der Waals surface area contributed by atoms with Crippen LogP contribution in [0.15, 0.2) is 17.0 Å². The normalized spacial score (nSPS) is 19.8. The van der Waals surface area contributed by atoms with E-state index in [1.54, 1.807) is 12.1 Å². The van der Waals surface area contributed by atoms with Crippen LogP contribution in [0, 0.1) is 0 Å². The van der Waals surface area contributed by atoms with E-state index < -0.39 is 16.1 Å². The molecule has 0 aromatic heterocycles. The largest absolute Gasteiger partial charge is 0.427 e. The van der Waals surface area contributed by atoms with Crippen molar-refractivity contribution in [3.05, 3.63) is 23.3 Å². The Balaban J connectivity index is 2.19. The van der Waals surface area contributed by atoms with Gasteiger partial charge in [0.1, 0.15) is 10.6 Å². The minimum atomic E-state index is -4.32. The topological polar surface area (TPSA) is 80.7 Å². The highest BCUT2D eigenvalue weighted by molar-refractivity contribution is 7.86. The number of carbonyl (C=O) groups excluding carboxylic acids is 1. The first-order chi connectivity index (χ1) is 11.4. The van der Waals surface area contributed by atoms with E-state index in [0.29, 0.717) is 16.9 Å². The molecule has 0 atom stereocenters. The first-order valence-corrected chi connectivity index (χ1v) is 10.1. The molecule has 0 spiro atoms. The minimum Gasteiger partial charge on any atom is -0.427 e. The number of rotatable bonds is 4. The van der Waals surface area contributed by atoms with E-state index in [0.717, 1.165) is 51.4 Å². The summed E-state index contributed by atoms with van der Waals surface area (Å²) in [5, 5.41) is 0. The van der Waals surface area contributed by atoms with Crippen molar-refractivity contribution in [3.63, 3.8) is 0 Å². The first-order valence-electron chi connectivity index (χ1n) is 8.70. The van der Waals surface area contributed by atoms with Crippen molar-refractivity contribution in [2.75, 3.05) is 0 Å². The molecule has 3 rings (SSSR count). The number of hydrogen-bond donors (Lipinski definition) is 1. The van der Waals surface area contributed by atoms with E-state index in [1.165, 1.54) is 6.92 Å². The second kappa shape index (κ2) is 6.84. The molecule has 132 valence electrons. The van der Waals surface area contributed by atoms with Crippen LogP contribution >= 0.6 is 0 Å². The van der Waals surface area contributed by atoms with Gasteiger partial charge in [0.05, 0.1) is 0 Å². The predicted molar refractivity (Wildman–Crippen MR) is 90.0 cm³/mol. The van der Waals surface area contributed by atoms with Gasteiger partial charge in [0.25, 0.3) is 10.1 Å². The van der Waals surface area contributed by atoms with Gasteiger partial charge >= 0.3 is 5.97 Å². The molecule has 1 aromatic carbocycles. The highest BCUT2D eigenvalue weighted by Gasteiger charge is 2.32. The number of carbonyl (C=O) groups is 1. The van der Waals surface area contributed by atoms with E-state index in [1.807, 2.05) is 0 Å². The van der Waals surface area contributed by atoms with Crippen LogP contribution in [0.4, 0.5) is 0 Å². The molecule has 0 unspecified atom stereocenters. The third-order valence-electron chi connectivity index (χ3n) is 5.23. The average molecular weight is 352 g/mol. The summed E-state index contributed by atoms with van der Waals surface area (Å²) >= 11 is 0. The molecule has 0 radical (unpaired) electrons. The molecule has 0 aliphatic heterocycles. The monoisotopic (exact) mass is 352 g/mol. The second-order valence-corrected chi connectivity index (χ2v) is 8.32. The molecular weight excluding hydrogens is 328 g/mol. The van der Waals surface area contributed by atoms with Crippen molar-refractivity contribution in [2.24, 2.45) is 0 Å². The van der Waals surface area contributed by atoms with Gasteiger partial charge in [-0.3, -0.25) is 9.35 Å². The van der Waals surface area contributed by atoms with Crippen LogP contribution in [0.1, 0.15) is 81.3 Å². The molecular formula is C18H24O5S. The maximum atomic E-state index is 12.2. The van der Waals surface area contributed by atoms with Gasteiger partial charge in [-0.2, -0.15) is 8.42 Å². The molecule has 2 saturated carbocycles. The number of hydrogen-bond acceptors (Lipinski definition) is 4. The third kappa shape index (κ3) is 3.64. The number of esters is 1. The molecule has 0 bridgehead atoms. The summed E-state index contributed by atoms with van der Waals surface area (Å²) in [4.78, 5) is 11.4. The van der Waals surface area contributed by atoms with Crippen molar-refractivity contribution in [1.82, 2.24) is 0 Å². The Morgan fingerprint density at radius 3 is 1.75 bits per heavy atom. The molecule has 2 aliphatic rings. The lowest BCUT2D eigenvalue weighted by Gasteiger charge is -2.21. The summed E-state index contributed by atoms with van der Waals surface area (Å²) in [7, 11) is -4.32. The Bertz CT molecular complexity index is 689. The van der Waals surface area contributed by atoms with Crippen molar-refractivity contribution in [3.8, 4) is 5.75 Å². The smallest absolute Gasteiger partial charge is 0.308 e. The molecule has 6 heteroatoms. The lowest BCUT2D eigenvalue weighted by atomic mass is 9.90. The molecule has 24 heavy (non-hydrogen) atoms. The second-order valence-electron chi connectivity index (χ2n) is 6.96. The van der Waals surface area contributed by atoms with Gasteiger partial charge in [-0.15, -0.1) is 0 Å². The Labute approximate surface area is 143 Å². The zero-order valence-corrected chi connectivity index (χ0v) is 14.8. The summed E-state index contributed by atoms with van der Waals surface area (Å²) < 4.78 is 39.5. The highest BCUT2D eigenvalue weighted by Crippen LogP contribution is 2.45. The zero-order valence-electron chi connectivity index (χ0n) is 14.0. The van der Waals surface area contributed by atoms with Crippen LogP contribution in [0.5, 0.6) is 5.75 Å². The summed E-state index contributed by atoms with van der Waals surface area (Å²) in [5.41, 5.74) is 1.24. The Morgan fingerprint density at radius 1 is 1.00 bits per heavy atom. The van der Waals surface area contributed by atoms with E-state index >= 15 is 0 Å². The number of benzene rings is 1. The molecule has 1 aromatic rings. The summed E-state index contributed by atoms with van der Waals surface area (Å²) in [6.07, 6.45) is 7.79. The maximum Gasteiger partial charge on any atom is 0.308 e. The van der Waals surface area contributed by atoms with E-state index in [9.17, 15) is 17.8 Å². The fourth-order valence-electron chi connectivity index (χ4n) is 4.25. The third-order valence-corrected chi connectivity index (χ3v) is 6.22. The van der Waals surface area contributed by atoms with Gasteiger partial charge in [-0.1, -0.05) is 25.7 Å². The lowest BCUT2D eigenvalue weighted by Crippen LogP contribution is -2.13. The van der Waals surface area contributed by atoms with Crippen LogP contribution in [-0.4, -0.2) is 18.9 Å². The van der Waals surface area contributed by atoms with Crippen LogP contribution in [0.25, 0.3) is 0 Å². The maximum absolute atomic E-state index is 12.2. The predicted octanol–water partition coefficient (Wildman–Crippen LogP) is 4.17. The molecule has 5 nitrogen and oxygen atoms in total. The van der Waals surface area contributed by atoms with Crippen molar-refractivity contribution < 1.29 is 22.5 Å². The summed E-state index contributed by atoms with van der Waals surface area (Å²) in [5.74, 6) is 0.151. The summed E-state index contributed by atoms with van der Waals surface area (Å²) in [6, 6.07) is 3.28. The van der Waals surface area contributed by atoms with Crippen molar-refractivity contribution in [2.45, 2.75) is 75.0 Å². The minimum absolute atomic E-state index is 0.0669. The highest BCUT2D eigenvalue weighted by atomic mass is 32.2. The SMILES string of the molecule is CC(=O)Oc1cc(C2CCCC2)c(S(=O)(=O)O)c(C2CCCC2)c1. The van der Waals surface area contributed by atoms with Crippen LogP contribution in [0.2, 0.25) is 0 Å². The van der Waals surface area contributed by atoms with Gasteiger partial charge in [0.15, 0.2) is 0 Å². The molecule has 0 amide bonds. The Morgan fingerprint density at radius 2 is 1.42 bits per heavy atom. The van der Waals surface area contributed by atoms with Crippen LogP contribution in [0.3, 0.4) is 0 Å². The Hall–Kier alpha value is -1.40. The van der Waals surface area contributed by atoms with Crippen LogP contribution in [-0.2, 0) is 14.9 Å². The standard InChI is InChI=1S/C18H24O5S/c1-12(19)23-15-10-16(13-6-2-3-7-13)18(24(20,21)22)17(11-15)14-8-4-5-9-14/h10-11,13-14H,2-9H2,1H3,(H,20,21,22). The number of ether oxygens (including phenoxy) is 1. The van der Waals surface area contributed by atoms with Gasteiger partial charge in [0, 0.05) is 6.92 Å². The molecule has 0 saturated heterocycles. The van der Waals surface area contributed by atoms with Gasteiger partial charge in [-0.05, 0) is 60.8 Å². The molecule has 2 fully saturated rings. The van der Waals surface area contributed by atoms with Gasteiger partial charge in [0.2, 0.25) is 0 Å². The van der Waals surface area contributed by atoms with Crippen molar-refractivity contribution >= 4 is 16.1 Å². The quantitative estimate of drug-likeness (QED) is 0.499. The fraction of sp³-hybridized carbons (Fsp3) is 0.611. The zero-order chi connectivity index (χ0) is 17.3. The van der Waals surface area contributed by atoms with Crippen LogP contribution < -0.4 is 4.74 Å². The first kappa shape index (κ1) is 17.4. The van der Waals surface area contributed by atoms with E-state index in [4.69, 9.17) is 4.74 Å². The molecule has 1 N–H and O–H groups in total. The molecule has 2 aliphatic carbocycles. The average Bonchev–Trinajstić information content (AvgIpc) is 3.18.